The number of hydrogen-bond donors (Lipinski definition) is 1. The van der Waals surface area contributed by atoms with Gasteiger partial charge >= 0.3 is 0 Å². The van der Waals surface area contributed by atoms with Crippen LogP contribution in [0, 0.1) is 23.5 Å². The SMILES string of the molecule is CC1CCC(Nc2ccc(F)cc2F)CC1C. The van der Waals surface area contributed by atoms with Gasteiger partial charge in [0.25, 0.3) is 0 Å². The Morgan fingerprint density at radius 3 is 2.53 bits per heavy atom. The Balaban J connectivity index is 2.01. The average Bonchev–Trinajstić information content (AvgIpc) is 2.27. The zero-order chi connectivity index (χ0) is 12.4. The maximum atomic E-state index is 13.5. The molecule has 1 aliphatic rings. The maximum absolute atomic E-state index is 13.5. The van der Waals surface area contributed by atoms with E-state index < -0.39 is 11.6 Å². The Bertz CT molecular complexity index is 392. The Hall–Kier alpha value is -1.12. The molecule has 0 aromatic heterocycles. The summed E-state index contributed by atoms with van der Waals surface area (Å²) in [6.45, 7) is 4.50. The van der Waals surface area contributed by atoms with Crippen molar-refractivity contribution < 1.29 is 8.78 Å². The molecular formula is C14H19F2N. The third-order valence-electron chi connectivity index (χ3n) is 3.89. The normalized spacial score (nSPS) is 29.1. The van der Waals surface area contributed by atoms with Crippen molar-refractivity contribution >= 4 is 5.69 Å². The van der Waals surface area contributed by atoms with E-state index >= 15 is 0 Å². The first-order chi connectivity index (χ1) is 8.06. The van der Waals surface area contributed by atoms with Crippen molar-refractivity contribution in [2.45, 2.75) is 39.2 Å². The topological polar surface area (TPSA) is 12.0 Å². The first-order valence-electron chi connectivity index (χ1n) is 6.28. The first-order valence-corrected chi connectivity index (χ1v) is 6.28. The lowest BCUT2D eigenvalue weighted by molar-refractivity contribution is 0.260. The fourth-order valence-corrected chi connectivity index (χ4v) is 2.51. The van der Waals surface area contributed by atoms with E-state index in [-0.39, 0.29) is 0 Å². The summed E-state index contributed by atoms with van der Waals surface area (Å²) in [6, 6.07) is 4.01. The molecule has 0 bridgehead atoms. The van der Waals surface area contributed by atoms with Crippen LogP contribution in [0.2, 0.25) is 0 Å². The van der Waals surface area contributed by atoms with Crippen molar-refractivity contribution in [2.24, 2.45) is 11.8 Å². The van der Waals surface area contributed by atoms with Gasteiger partial charge in [0.15, 0.2) is 0 Å². The molecule has 0 amide bonds. The minimum atomic E-state index is -0.529. The van der Waals surface area contributed by atoms with Crippen LogP contribution in [0.4, 0.5) is 14.5 Å². The zero-order valence-electron chi connectivity index (χ0n) is 10.3. The lowest BCUT2D eigenvalue weighted by Gasteiger charge is -2.33. The van der Waals surface area contributed by atoms with Gasteiger partial charge in [-0.15, -0.1) is 0 Å². The van der Waals surface area contributed by atoms with Crippen LogP contribution >= 0.6 is 0 Å². The van der Waals surface area contributed by atoms with E-state index in [1.165, 1.54) is 18.6 Å². The van der Waals surface area contributed by atoms with Crippen molar-refractivity contribution in [3.8, 4) is 0 Å². The maximum Gasteiger partial charge on any atom is 0.149 e. The van der Waals surface area contributed by atoms with E-state index in [9.17, 15) is 8.78 Å². The fourth-order valence-electron chi connectivity index (χ4n) is 2.51. The lowest BCUT2D eigenvalue weighted by Crippen LogP contribution is -2.30. The highest BCUT2D eigenvalue weighted by Gasteiger charge is 2.24. The van der Waals surface area contributed by atoms with Gasteiger partial charge in [0.2, 0.25) is 0 Å². The number of anilines is 1. The molecule has 1 nitrogen and oxygen atoms in total. The molecular weight excluding hydrogens is 220 g/mol. The van der Waals surface area contributed by atoms with Crippen LogP contribution in [0.5, 0.6) is 0 Å². The number of benzene rings is 1. The lowest BCUT2D eigenvalue weighted by atomic mass is 9.79. The monoisotopic (exact) mass is 239 g/mol. The molecule has 0 saturated heterocycles. The van der Waals surface area contributed by atoms with E-state index in [0.29, 0.717) is 17.6 Å². The molecule has 0 heterocycles. The van der Waals surface area contributed by atoms with Crippen LogP contribution in [0.15, 0.2) is 18.2 Å². The van der Waals surface area contributed by atoms with Crippen molar-refractivity contribution in [3.05, 3.63) is 29.8 Å². The molecule has 1 aromatic carbocycles. The molecule has 0 aliphatic heterocycles. The summed E-state index contributed by atoms with van der Waals surface area (Å²) in [7, 11) is 0. The molecule has 1 fully saturated rings. The quantitative estimate of drug-likeness (QED) is 0.815. The predicted molar refractivity (Wildman–Crippen MR) is 65.9 cm³/mol. The van der Waals surface area contributed by atoms with Crippen LogP contribution < -0.4 is 5.32 Å². The molecule has 3 unspecified atom stereocenters. The molecule has 2 rings (SSSR count). The molecule has 3 atom stereocenters. The third kappa shape index (κ3) is 2.96. The smallest absolute Gasteiger partial charge is 0.149 e. The van der Waals surface area contributed by atoms with E-state index in [1.54, 1.807) is 0 Å². The Morgan fingerprint density at radius 2 is 1.88 bits per heavy atom. The number of rotatable bonds is 2. The van der Waals surface area contributed by atoms with Crippen LogP contribution in [-0.2, 0) is 0 Å². The van der Waals surface area contributed by atoms with Gasteiger partial charge in [-0.05, 0) is 43.2 Å². The largest absolute Gasteiger partial charge is 0.380 e. The predicted octanol–water partition coefficient (Wildman–Crippen LogP) is 4.20. The van der Waals surface area contributed by atoms with Gasteiger partial charge < -0.3 is 5.32 Å². The molecule has 17 heavy (non-hydrogen) atoms. The Labute approximate surface area is 101 Å². The first kappa shape index (κ1) is 12.3. The van der Waals surface area contributed by atoms with Crippen LogP contribution in [0.1, 0.15) is 33.1 Å². The minimum absolute atomic E-state index is 0.307. The highest BCUT2D eigenvalue weighted by atomic mass is 19.1. The van der Waals surface area contributed by atoms with E-state index in [1.807, 2.05) is 0 Å². The third-order valence-corrected chi connectivity index (χ3v) is 3.89. The van der Waals surface area contributed by atoms with Crippen molar-refractivity contribution in [3.63, 3.8) is 0 Å². The highest BCUT2D eigenvalue weighted by Crippen LogP contribution is 2.31. The van der Waals surface area contributed by atoms with Gasteiger partial charge in [0, 0.05) is 12.1 Å². The van der Waals surface area contributed by atoms with Crippen molar-refractivity contribution in [2.75, 3.05) is 5.32 Å². The summed E-state index contributed by atoms with van der Waals surface area (Å²) < 4.78 is 26.2. The highest BCUT2D eigenvalue weighted by molar-refractivity contribution is 5.45. The van der Waals surface area contributed by atoms with Gasteiger partial charge in [-0.25, -0.2) is 8.78 Å². The zero-order valence-corrected chi connectivity index (χ0v) is 10.3. The van der Waals surface area contributed by atoms with Crippen LogP contribution in [0.3, 0.4) is 0 Å². The van der Waals surface area contributed by atoms with E-state index in [2.05, 4.69) is 19.2 Å². The number of hydrogen-bond acceptors (Lipinski definition) is 1. The van der Waals surface area contributed by atoms with Crippen molar-refractivity contribution in [1.82, 2.24) is 0 Å². The summed E-state index contributed by atoms with van der Waals surface area (Å²) in [5.41, 5.74) is 0.415. The number of nitrogens with one attached hydrogen (secondary N) is 1. The summed E-state index contributed by atoms with van der Waals surface area (Å²) in [6.07, 6.45) is 3.28. The van der Waals surface area contributed by atoms with Crippen LogP contribution in [0.25, 0.3) is 0 Å². The molecule has 1 aromatic rings. The van der Waals surface area contributed by atoms with Gasteiger partial charge in [-0.1, -0.05) is 13.8 Å². The summed E-state index contributed by atoms with van der Waals surface area (Å²) in [5.74, 6) is 0.367. The second-order valence-electron chi connectivity index (χ2n) is 5.23. The second-order valence-corrected chi connectivity index (χ2v) is 5.23. The molecule has 0 spiro atoms. The van der Waals surface area contributed by atoms with Gasteiger partial charge in [0.05, 0.1) is 5.69 Å². The molecule has 0 radical (unpaired) electrons. The second kappa shape index (κ2) is 5.03. The van der Waals surface area contributed by atoms with Gasteiger partial charge in [-0.2, -0.15) is 0 Å². The van der Waals surface area contributed by atoms with E-state index in [0.717, 1.165) is 24.8 Å². The summed E-state index contributed by atoms with van der Waals surface area (Å²) in [5, 5.41) is 3.19. The molecule has 1 N–H and O–H groups in total. The van der Waals surface area contributed by atoms with Crippen molar-refractivity contribution in [1.29, 1.82) is 0 Å². The molecule has 3 heteroatoms. The summed E-state index contributed by atoms with van der Waals surface area (Å²) >= 11 is 0. The van der Waals surface area contributed by atoms with Gasteiger partial charge in [-0.3, -0.25) is 0 Å². The average molecular weight is 239 g/mol. The standard InChI is InChI=1S/C14H19F2N/c1-9-3-5-12(7-10(9)2)17-14-6-4-11(15)8-13(14)16/h4,6,8-10,12,17H,3,5,7H2,1-2H3. The fraction of sp³-hybridized carbons (Fsp3) is 0.571. The number of halogens is 2. The Morgan fingerprint density at radius 1 is 1.12 bits per heavy atom. The Kier molecular flexibility index (Phi) is 3.65. The van der Waals surface area contributed by atoms with Gasteiger partial charge in [0.1, 0.15) is 11.6 Å². The molecule has 1 saturated carbocycles. The van der Waals surface area contributed by atoms with E-state index in [4.69, 9.17) is 0 Å². The minimum Gasteiger partial charge on any atom is -0.380 e. The molecule has 1 aliphatic carbocycles. The van der Waals surface area contributed by atoms with Crippen LogP contribution in [-0.4, -0.2) is 6.04 Å². The molecule has 94 valence electrons. The summed E-state index contributed by atoms with van der Waals surface area (Å²) in [4.78, 5) is 0.